The van der Waals surface area contributed by atoms with Gasteiger partial charge in [-0.2, -0.15) is 0 Å². The van der Waals surface area contributed by atoms with E-state index >= 15 is 0 Å². The number of aromatic nitrogens is 2. The van der Waals surface area contributed by atoms with E-state index in [-0.39, 0.29) is 0 Å². The van der Waals surface area contributed by atoms with E-state index < -0.39 is 0 Å². The Bertz CT molecular complexity index is 568. The summed E-state index contributed by atoms with van der Waals surface area (Å²) in [5, 5.41) is 2.89. The number of ether oxygens (including phenoxy) is 2. The quantitative estimate of drug-likeness (QED) is 0.914. The van der Waals surface area contributed by atoms with Gasteiger partial charge in [0.15, 0.2) is 0 Å². The minimum absolute atomic E-state index is 0.585. The molecule has 0 spiro atoms. The fourth-order valence-electron chi connectivity index (χ4n) is 1.87. The maximum absolute atomic E-state index is 5.41. The van der Waals surface area contributed by atoms with Crippen LogP contribution in [0.15, 0.2) is 24.5 Å². The Morgan fingerprint density at radius 1 is 1.00 bits per heavy atom. The number of aryl methyl sites for hydroxylation is 1. The molecule has 5 heteroatoms. The fourth-order valence-corrected chi connectivity index (χ4v) is 1.87. The van der Waals surface area contributed by atoms with E-state index in [9.17, 15) is 0 Å². The summed E-state index contributed by atoms with van der Waals surface area (Å²) < 4.78 is 10.8. The molecule has 0 amide bonds. The molecule has 1 aromatic carbocycles. The second kappa shape index (κ2) is 5.56. The molecule has 2 rings (SSSR count). The first-order chi connectivity index (χ1) is 9.19. The third-order valence-electron chi connectivity index (χ3n) is 2.90. The van der Waals surface area contributed by atoms with Crippen LogP contribution in [0.3, 0.4) is 0 Å². The molecule has 0 aliphatic rings. The van der Waals surface area contributed by atoms with Gasteiger partial charge in [-0.05, 0) is 24.6 Å². The average Bonchev–Trinajstić information content (AvgIpc) is 2.47. The molecule has 0 aliphatic heterocycles. The topological polar surface area (TPSA) is 56.3 Å². The third kappa shape index (κ3) is 2.59. The molecule has 5 nitrogen and oxygen atoms in total. The van der Waals surface area contributed by atoms with Crippen LogP contribution in [0.4, 0.5) is 5.95 Å². The van der Waals surface area contributed by atoms with Gasteiger partial charge in [0.2, 0.25) is 5.95 Å². The number of rotatable bonds is 4. The van der Waals surface area contributed by atoms with E-state index in [0.29, 0.717) is 5.95 Å². The molecule has 0 unspecified atom stereocenters. The zero-order chi connectivity index (χ0) is 13.8. The van der Waals surface area contributed by atoms with Crippen molar-refractivity contribution in [3.05, 3.63) is 30.1 Å². The molecule has 19 heavy (non-hydrogen) atoms. The van der Waals surface area contributed by atoms with Crippen LogP contribution >= 0.6 is 0 Å². The second-order valence-electron chi connectivity index (χ2n) is 4.07. The highest BCUT2D eigenvalue weighted by Crippen LogP contribution is 2.35. The second-order valence-corrected chi connectivity index (χ2v) is 4.07. The van der Waals surface area contributed by atoms with Gasteiger partial charge in [-0.3, -0.25) is 0 Å². The average molecular weight is 259 g/mol. The summed E-state index contributed by atoms with van der Waals surface area (Å²) in [7, 11) is 5.08. The van der Waals surface area contributed by atoms with Gasteiger partial charge in [-0.15, -0.1) is 0 Å². The minimum atomic E-state index is 0.585. The van der Waals surface area contributed by atoms with Crippen LogP contribution in [0, 0.1) is 6.92 Å². The number of hydrogen-bond donors (Lipinski definition) is 1. The Balaban J connectivity index is 2.52. The third-order valence-corrected chi connectivity index (χ3v) is 2.90. The highest BCUT2D eigenvalue weighted by atomic mass is 16.5. The lowest BCUT2D eigenvalue weighted by atomic mass is 10.0. The number of benzene rings is 1. The van der Waals surface area contributed by atoms with Crippen LogP contribution in [-0.4, -0.2) is 31.2 Å². The first-order valence-corrected chi connectivity index (χ1v) is 5.92. The first-order valence-electron chi connectivity index (χ1n) is 5.92. The SMILES string of the molecule is CNc1ncc(-c2cc(OC)c(C)cc2OC)cn1. The monoisotopic (exact) mass is 259 g/mol. The van der Waals surface area contributed by atoms with Gasteiger partial charge < -0.3 is 14.8 Å². The highest BCUT2D eigenvalue weighted by molar-refractivity contribution is 5.72. The molecule has 100 valence electrons. The van der Waals surface area contributed by atoms with Gasteiger partial charge >= 0.3 is 0 Å². The largest absolute Gasteiger partial charge is 0.496 e. The Kier molecular flexibility index (Phi) is 3.85. The molecule has 0 bridgehead atoms. The van der Waals surface area contributed by atoms with E-state index in [1.54, 1.807) is 33.7 Å². The summed E-state index contributed by atoms with van der Waals surface area (Å²) in [5.41, 5.74) is 2.82. The number of methoxy groups -OCH3 is 2. The number of nitrogens with zero attached hydrogens (tertiary/aromatic N) is 2. The maximum Gasteiger partial charge on any atom is 0.222 e. The van der Waals surface area contributed by atoms with Crippen molar-refractivity contribution in [1.82, 2.24) is 9.97 Å². The zero-order valence-electron chi connectivity index (χ0n) is 11.5. The van der Waals surface area contributed by atoms with Crippen LogP contribution in [0.25, 0.3) is 11.1 Å². The summed E-state index contributed by atoms with van der Waals surface area (Å²) in [4.78, 5) is 8.42. The Labute approximate surface area is 112 Å². The molecular weight excluding hydrogens is 242 g/mol. The summed E-state index contributed by atoms with van der Waals surface area (Å²) in [6.07, 6.45) is 3.51. The number of anilines is 1. The molecule has 0 saturated heterocycles. The fraction of sp³-hybridized carbons (Fsp3) is 0.286. The van der Waals surface area contributed by atoms with Gasteiger partial charge in [0.05, 0.1) is 14.2 Å². The van der Waals surface area contributed by atoms with Crippen molar-refractivity contribution < 1.29 is 9.47 Å². The van der Waals surface area contributed by atoms with Crippen molar-refractivity contribution in [3.8, 4) is 22.6 Å². The van der Waals surface area contributed by atoms with Gasteiger partial charge in [0.1, 0.15) is 11.5 Å². The van der Waals surface area contributed by atoms with Crippen molar-refractivity contribution in [1.29, 1.82) is 0 Å². The predicted octanol–water partition coefficient (Wildman–Crippen LogP) is 2.51. The lowest BCUT2D eigenvalue weighted by molar-refractivity contribution is 0.402. The molecule has 0 saturated carbocycles. The van der Waals surface area contributed by atoms with E-state index in [0.717, 1.165) is 28.2 Å². The Morgan fingerprint density at radius 3 is 2.16 bits per heavy atom. The Hall–Kier alpha value is -2.30. The van der Waals surface area contributed by atoms with Gasteiger partial charge in [-0.25, -0.2) is 9.97 Å². The summed E-state index contributed by atoms with van der Waals surface area (Å²) in [6, 6.07) is 3.88. The molecule has 1 aromatic heterocycles. The number of nitrogens with one attached hydrogen (secondary N) is 1. The molecule has 2 aromatic rings. The van der Waals surface area contributed by atoms with Crippen LogP contribution in [0.1, 0.15) is 5.56 Å². The smallest absolute Gasteiger partial charge is 0.222 e. The summed E-state index contributed by atoms with van der Waals surface area (Å²) in [6.45, 7) is 1.98. The van der Waals surface area contributed by atoms with Gasteiger partial charge in [0.25, 0.3) is 0 Å². The van der Waals surface area contributed by atoms with E-state index in [4.69, 9.17) is 9.47 Å². The molecule has 0 aliphatic carbocycles. The van der Waals surface area contributed by atoms with Crippen LogP contribution in [-0.2, 0) is 0 Å². The molecule has 1 N–H and O–H groups in total. The maximum atomic E-state index is 5.41. The predicted molar refractivity (Wildman–Crippen MR) is 74.9 cm³/mol. The molecule has 0 atom stereocenters. The molecule has 1 heterocycles. The zero-order valence-corrected chi connectivity index (χ0v) is 11.5. The molecular formula is C14H17N3O2. The van der Waals surface area contributed by atoms with Crippen LogP contribution < -0.4 is 14.8 Å². The van der Waals surface area contributed by atoms with Crippen molar-refractivity contribution in [2.45, 2.75) is 6.92 Å². The molecule has 0 fully saturated rings. The lowest BCUT2D eigenvalue weighted by Gasteiger charge is -2.13. The molecule has 0 radical (unpaired) electrons. The summed E-state index contributed by atoms with van der Waals surface area (Å²) in [5.74, 6) is 2.18. The highest BCUT2D eigenvalue weighted by Gasteiger charge is 2.11. The van der Waals surface area contributed by atoms with Crippen molar-refractivity contribution in [2.75, 3.05) is 26.6 Å². The van der Waals surface area contributed by atoms with Gasteiger partial charge in [0, 0.05) is 30.6 Å². The minimum Gasteiger partial charge on any atom is -0.496 e. The van der Waals surface area contributed by atoms with Gasteiger partial charge in [-0.1, -0.05) is 0 Å². The van der Waals surface area contributed by atoms with E-state index in [1.165, 1.54) is 0 Å². The standard InChI is InChI=1S/C14H17N3O2/c1-9-5-13(19-4)11(6-12(9)18-3)10-7-16-14(15-2)17-8-10/h5-8H,1-4H3,(H,15,16,17). The van der Waals surface area contributed by atoms with Crippen molar-refractivity contribution in [3.63, 3.8) is 0 Å². The Morgan fingerprint density at radius 2 is 1.63 bits per heavy atom. The van der Waals surface area contributed by atoms with E-state index in [2.05, 4.69) is 15.3 Å². The first kappa shape index (κ1) is 13.1. The van der Waals surface area contributed by atoms with Crippen molar-refractivity contribution in [2.24, 2.45) is 0 Å². The normalized spacial score (nSPS) is 10.1. The van der Waals surface area contributed by atoms with E-state index in [1.807, 2.05) is 19.1 Å². The number of hydrogen-bond acceptors (Lipinski definition) is 5. The lowest BCUT2D eigenvalue weighted by Crippen LogP contribution is -1.97. The van der Waals surface area contributed by atoms with Crippen LogP contribution in [0.5, 0.6) is 11.5 Å². The van der Waals surface area contributed by atoms with Crippen molar-refractivity contribution >= 4 is 5.95 Å². The van der Waals surface area contributed by atoms with Crippen LogP contribution in [0.2, 0.25) is 0 Å². The summed E-state index contributed by atoms with van der Waals surface area (Å²) >= 11 is 0.